The molecular weight excluding hydrogens is 358 g/mol. The number of aromatic nitrogens is 1. The Bertz CT molecular complexity index is 721. The minimum Gasteiger partial charge on any atom is -0.352 e. The SMILES string of the molecule is O=C(NCc1ccncc1)C1CC1C(=O)Nc1ccccc1Br. The standard InChI is InChI=1S/C17H16BrN3O2/c18-14-3-1-2-4-15(14)21-17(23)13-9-12(13)16(22)20-10-11-5-7-19-8-6-11/h1-8,12-13H,9-10H2,(H,20,22)(H,21,23). The van der Waals surface area contributed by atoms with Crippen LogP contribution in [0.1, 0.15) is 12.0 Å². The number of para-hydroxylation sites is 1. The van der Waals surface area contributed by atoms with Gasteiger partial charge in [0.25, 0.3) is 0 Å². The fourth-order valence-corrected chi connectivity index (χ4v) is 2.77. The highest BCUT2D eigenvalue weighted by Gasteiger charge is 2.47. The number of nitrogens with zero attached hydrogens (tertiary/aromatic N) is 1. The fraction of sp³-hybridized carbons (Fsp3) is 0.235. The second-order valence-electron chi connectivity index (χ2n) is 5.49. The van der Waals surface area contributed by atoms with E-state index in [2.05, 4.69) is 31.5 Å². The lowest BCUT2D eigenvalue weighted by molar-refractivity contribution is -0.125. The maximum absolute atomic E-state index is 12.2. The summed E-state index contributed by atoms with van der Waals surface area (Å²) in [7, 11) is 0. The minimum atomic E-state index is -0.250. The minimum absolute atomic E-state index is 0.0749. The van der Waals surface area contributed by atoms with E-state index in [1.54, 1.807) is 12.4 Å². The molecule has 0 radical (unpaired) electrons. The number of carbonyl (C=O) groups excluding carboxylic acids is 2. The molecule has 5 nitrogen and oxygen atoms in total. The molecule has 0 saturated heterocycles. The molecule has 23 heavy (non-hydrogen) atoms. The summed E-state index contributed by atoms with van der Waals surface area (Å²) < 4.78 is 0.827. The van der Waals surface area contributed by atoms with Gasteiger partial charge in [0.15, 0.2) is 0 Å². The predicted molar refractivity (Wildman–Crippen MR) is 90.5 cm³/mol. The van der Waals surface area contributed by atoms with Crippen molar-refractivity contribution in [2.45, 2.75) is 13.0 Å². The number of halogens is 1. The van der Waals surface area contributed by atoms with Crippen molar-refractivity contribution in [3.8, 4) is 0 Å². The van der Waals surface area contributed by atoms with Crippen LogP contribution in [-0.2, 0) is 16.1 Å². The van der Waals surface area contributed by atoms with Gasteiger partial charge in [-0.05, 0) is 52.2 Å². The van der Waals surface area contributed by atoms with Gasteiger partial charge in [-0.1, -0.05) is 12.1 Å². The van der Waals surface area contributed by atoms with Crippen LogP contribution in [0.15, 0.2) is 53.3 Å². The number of hydrogen-bond donors (Lipinski definition) is 2. The maximum atomic E-state index is 12.2. The number of amides is 2. The van der Waals surface area contributed by atoms with Gasteiger partial charge >= 0.3 is 0 Å². The third kappa shape index (κ3) is 3.96. The van der Waals surface area contributed by atoms with Gasteiger partial charge in [-0.25, -0.2) is 0 Å². The Hall–Kier alpha value is -2.21. The van der Waals surface area contributed by atoms with E-state index in [0.29, 0.717) is 13.0 Å². The zero-order valence-electron chi connectivity index (χ0n) is 12.3. The summed E-state index contributed by atoms with van der Waals surface area (Å²) in [5.41, 5.74) is 1.71. The smallest absolute Gasteiger partial charge is 0.228 e. The highest BCUT2D eigenvalue weighted by Crippen LogP contribution is 2.40. The van der Waals surface area contributed by atoms with Crippen LogP contribution in [0.25, 0.3) is 0 Å². The van der Waals surface area contributed by atoms with E-state index < -0.39 is 0 Å². The molecule has 1 heterocycles. The summed E-state index contributed by atoms with van der Waals surface area (Å²) in [6, 6.07) is 11.1. The largest absolute Gasteiger partial charge is 0.352 e. The van der Waals surface area contributed by atoms with Crippen molar-refractivity contribution in [1.82, 2.24) is 10.3 Å². The first kappa shape index (κ1) is 15.7. The summed E-state index contributed by atoms with van der Waals surface area (Å²) in [5.74, 6) is -0.672. The molecule has 1 aliphatic rings. The van der Waals surface area contributed by atoms with Gasteiger partial charge < -0.3 is 10.6 Å². The molecule has 2 N–H and O–H groups in total. The van der Waals surface area contributed by atoms with Crippen molar-refractivity contribution in [1.29, 1.82) is 0 Å². The Labute approximate surface area is 142 Å². The molecule has 2 amide bonds. The summed E-state index contributed by atoms with van der Waals surface area (Å²) in [6.07, 6.45) is 3.97. The molecule has 2 aromatic rings. The lowest BCUT2D eigenvalue weighted by Crippen LogP contribution is -2.27. The van der Waals surface area contributed by atoms with E-state index in [1.807, 2.05) is 36.4 Å². The van der Waals surface area contributed by atoms with E-state index in [0.717, 1.165) is 15.7 Å². The van der Waals surface area contributed by atoms with Gasteiger partial charge in [0.2, 0.25) is 11.8 Å². The van der Waals surface area contributed by atoms with Crippen molar-refractivity contribution in [3.63, 3.8) is 0 Å². The van der Waals surface area contributed by atoms with Crippen LogP contribution in [0.2, 0.25) is 0 Å². The summed E-state index contributed by atoms with van der Waals surface area (Å²) in [4.78, 5) is 28.2. The lowest BCUT2D eigenvalue weighted by atomic mass is 10.2. The highest BCUT2D eigenvalue weighted by atomic mass is 79.9. The number of hydrogen-bond acceptors (Lipinski definition) is 3. The number of pyridine rings is 1. The van der Waals surface area contributed by atoms with Crippen LogP contribution in [-0.4, -0.2) is 16.8 Å². The zero-order chi connectivity index (χ0) is 16.2. The van der Waals surface area contributed by atoms with E-state index in [9.17, 15) is 9.59 Å². The molecule has 3 rings (SSSR count). The number of rotatable bonds is 5. The van der Waals surface area contributed by atoms with Crippen LogP contribution in [0.5, 0.6) is 0 Å². The monoisotopic (exact) mass is 373 g/mol. The Morgan fingerprint density at radius 1 is 1.09 bits per heavy atom. The summed E-state index contributed by atoms with van der Waals surface area (Å²) >= 11 is 3.39. The van der Waals surface area contributed by atoms with Gasteiger partial charge in [0.05, 0.1) is 17.5 Å². The van der Waals surface area contributed by atoms with Crippen LogP contribution >= 0.6 is 15.9 Å². The van der Waals surface area contributed by atoms with Crippen LogP contribution in [0, 0.1) is 11.8 Å². The third-order valence-electron chi connectivity index (χ3n) is 3.81. The first-order chi connectivity index (χ1) is 11.1. The van der Waals surface area contributed by atoms with Gasteiger partial charge in [-0.3, -0.25) is 14.6 Å². The number of carbonyl (C=O) groups is 2. The Balaban J connectivity index is 1.49. The molecule has 1 saturated carbocycles. The van der Waals surface area contributed by atoms with Crippen LogP contribution < -0.4 is 10.6 Å². The molecule has 1 aromatic heterocycles. The van der Waals surface area contributed by atoms with E-state index in [-0.39, 0.29) is 23.7 Å². The molecule has 2 atom stereocenters. The number of nitrogens with one attached hydrogen (secondary N) is 2. The van der Waals surface area contributed by atoms with Crippen molar-refractivity contribution in [2.75, 3.05) is 5.32 Å². The predicted octanol–water partition coefficient (Wildman–Crippen LogP) is 2.74. The third-order valence-corrected chi connectivity index (χ3v) is 4.50. The van der Waals surface area contributed by atoms with E-state index in [4.69, 9.17) is 0 Å². The van der Waals surface area contributed by atoms with Crippen molar-refractivity contribution in [3.05, 3.63) is 58.8 Å². The maximum Gasteiger partial charge on any atom is 0.228 e. The average molecular weight is 374 g/mol. The van der Waals surface area contributed by atoms with E-state index >= 15 is 0 Å². The average Bonchev–Trinajstić information content (AvgIpc) is 3.36. The molecule has 1 fully saturated rings. The van der Waals surface area contributed by atoms with E-state index in [1.165, 1.54) is 0 Å². The van der Waals surface area contributed by atoms with Crippen LogP contribution in [0.3, 0.4) is 0 Å². The van der Waals surface area contributed by atoms with Crippen molar-refractivity contribution in [2.24, 2.45) is 11.8 Å². The van der Waals surface area contributed by atoms with Gasteiger partial charge in [-0.15, -0.1) is 0 Å². The normalized spacial score (nSPS) is 19.0. The quantitative estimate of drug-likeness (QED) is 0.846. The van der Waals surface area contributed by atoms with Gasteiger partial charge in [0, 0.05) is 23.4 Å². The number of anilines is 1. The molecule has 0 bridgehead atoms. The molecule has 118 valence electrons. The second kappa shape index (κ2) is 6.91. The first-order valence-corrected chi connectivity index (χ1v) is 8.16. The number of benzene rings is 1. The zero-order valence-corrected chi connectivity index (χ0v) is 13.9. The van der Waals surface area contributed by atoms with Crippen molar-refractivity contribution < 1.29 is 9.59 Å². The van der Waals surface area contributed by atoms with Gasteiger partial charge in [0.1, 0.15) is 0 Å². The lowest BCUT2D eigenvalue weighted by Gasteiger charge is -2.07. The first-order valence-electron chi connectivity index (χ1n) is 7.37. The Morgan fingerprint density at radius 2 is 1.78 bits per heavy atom. The molecule has 0 aliphatic heterocycles. The van der Waals surface area contributed by atoms with Crippen molar-refractivity contribution >= 4 is 33.4 Å². The summed E-state index contributed by atoms with van der Waals surface area (Å²) in [5, 5.41) is 5.72. The second-order valence-corrected chi connectivity index (χ2v) is 6.35. The highest BCUT2D eigenvalue weighted by molar-refractivity contribution is 9.10. The summed E-state index contributed by atoms with van der Waals surface area (Å²) in [6.45, 7) is 0.455. The fourth-order valence-electron chi connectivity index (χ4n) is 2.38. The molecule has 2 unspecified atom stereocenters. The molecule has 6 heteroatoms. The Morgan fingerprint density at radius 3 is 2.52 bits per heavy atom. The molecule has 1 aromatic carbocycles. The molecule has 1 aliphatic carbocycles. The molecular formula is C17H16BrN3O2. The van der Waals surface area contributed by atoms with Gasteiger partial charge in [-0.2, -0.15) is 0 Å². The molecule has 0 spiro atoms. The topological polar surface area (TPSA) is 71.1 Å². The Kier molecular flexibility index (Phi) is 4.71. The van der Waals surface area contributed by atoms with Crippen LogP contribution in [0.4, 0.5) is 5.69 Å².